The molecule has 2 saturated carbocycles. The highest BCUT2D eigenvalue weighted by Gasteiger charge is 2.50. The molecule has 2 heterocycles. The molecule has 0 N–H and O–H groups in total. The predicted molar refractivity (Wildman–Crippen MR) is 57.0 cm³/mol. The summed E-state index contributed by atoms with van der Waals surface area (Å²) in [6.45, 7) is 5.90. The van der Waals surface area contributed by atoms with E-state index in [9.17, 15) is 0 Å². The Bertz CT molecular complexity index is 223. The van der Waals surface area contributed by atoms with E-state index in [1.807, 2.05) is 0 Å². The van der Waals surface area contributed by atoms with Gasteiger partial charge in [0, 0.05) is 0 Å². The minimum absolute atomic E-state index is 0.647. The lowest BCUT2D eigenvalue weighted by Gasteiger charge is -2.40. The van der Waals surface area contributed by atoms with E-state index >= 15 is 0 Å². The van der Waals surface area contributed by atoms with Crippen LogP contribution in [0.2, 0.25) is 0 Å². The Kier molecular flexibility index (Phi) is 2.12. The number of hydrogen-bond acceptors (Lipinski definition) is 1. The van der Waals surface area contributed by atoms with Crippen LogP contribution in [0.4, 0.5) is 0 Å². The van der Waals surface area contributed by atoms with Crippen LogP contribution in [0.5, 0.6) is 0 Å². The molecule has 0 spiro atoms. The van der Waals surface area contributed by atoms with Gasteiger partial charge in [-0.1, -0.05) is 13.8 Å². The van der Waals surface area contributed by atoms with Crippen molar-refractivity contribution in [3.63, 3.8) is 0 Å². The Morgan fingerprint density at radius 1 is 1.00 bits per heavy atom. The topological polar surface area (TPSA) is 9.23 Å². The standard InChI is InChI=1S/C13H22O/c1-8(2)13-9-3-4-10-11(13)5-6-12(10)14-7-9/h8-13H,3-7H2,1-2H3/t9?,10?,11?,12?,13-/m1/s1. The molecule has 14 heavy (non-hydrogen) atoms. The monoisotopic (exact) mass is 194 g/mol. The fourth-order valence-corrected chi connectivity index (χ4v) is 4.57. The second-order valence-electron chi connectivity index (χ2n) is 5.94. The van der Waals surface area contributed by atoms with Gasteiger partial charge in [-0.3, -0.25) is 0 Å². The minimum Gasteiger partial charge on any atom is -0.378 e. The highest BCUT2D eigenvalue weighted by Crippen LogP contribution is 2.53. The van der Waals surface area contributed by atoms with Crippen LogP contribution < -0.4 is 0 Å². The molecule has 4 unspecified atom stereocenters. The predicted octanol–water partition coefficient (Wildman–Crippen LogP) is 3.09. The summed E-state index contributed by atoms with van der Waals surface area (Å²) in [5, 5.41) is 0. The molecule has 0 aromatic carbocycles. The SMILES string of the molecule is CC(C)[C@@H]1C2CCC3C(CCC31)OC2. The van der Waals surface area contributed by atoms with Gasteiger partial charge in [0.2, 0.25) is 0 Å². The fraction of sp³-hybridized carbons (Fsp3) is 1.00. The van der Waals surface area contributed by atoms with E-state index in [2.05, 4.69) is 13.8 Å². The summed E-state index contributed by atoms with van der Waals surface area (Å²) in [7, 11) is 0. The first-order chi connectivity index (χ1) is 6.77. The van der Waals surface area contributed by atoms with Gasteiger partial charge in [-0.05, 0) is 55.3 Å². The molecule has 4 aliphatic rings. The van der Waals surface area contributed by atoms with E-state index in [1.165, 1.54) is 25.7 Å². The zero-order chi connectivity index (χ0) is 9.71. The average molecular weight is 194 g/mol. The van der Waals surface area contributed by atoms with Crippen molar-refractivity contribution in [2.75, 3.05) is 6.61 Å². The largest absolute Gasteiger partial charge is 0.378 e. The van der Waals surface area contributed by atoms with Crippen LogP contribution in [-0.4, -0.2) is 12.7 Å². The van der Waals surface area contributed by atoms with E-state index < -0.39 is 0 Å². The van der Waals surface area contributed by atoms with Gasteiger partial charge in [0.25, 0.3) is 0 Å². The highest BCUT2D eigenvalue weighted by atomic mass is 16.5. The molecular weight excluding hydrogens is 172 g/mol. The molecular formula is C13H22O. The summed E-state index contributed by atoms with van der Waals surface area (Å²) in [5.41, 5.74) is 0. The highest BCUT2D eigenvalue weighted by molar-refractivity contribution is 4.98. The molecule has 2 saturated heterocycles. The number of ether oxygens (including phenoxy) is 1. The molecule has 4 rings (SSSR count). The summed E-state index contributed by atoms with van der Waals surface area (Å²) in [6, 6.07) is 0. The first-order valence-electron chi connectivity index (χ1n) is 6.39. The molecule has 80 valence electrons. The Labute approximate surface area is 87.2 Å². The van der Waals surface area contributed by atoms with Crippen LogP contribution in [0.25, 0.3) is 0 Å². The van der Waals surface area contributed by atoms with Crippen LogP contribution >= 0.6 is 0 Å². The van der Waals surface area contributed by atoms with Crippen molar-refractivity contribution in [1.82, 2.24) is 0 Å². The Balaban J connectivity index is 1.92. The normalized spacial score (nSPS) is 51.2. The van der Waals surface area contributed by atoms with Gasteiger partial charge >= 0.3 is 0 Å². The van der Waals surface area contributed by atoms with Crippen molar-refractivity contribution in [3.8, 4) is 0 Å². The lowest BCUT2D eigenvalue weighted by Crippen LogP contribution is -2.35. The van der Waals surface area contributed by atoms with Crippen molar-refractivity contribution in [2.45, 2.75) is 45.6 Å². The third-order valence-corrected chi connectivity index (χ3v) is 5.02. The van der Waals surface area contributed by atoms with Gasteiger partial charge in [-0.25, -0.2) is 0 Å². The Morgan fingerprint density at radius 2 is 1.79 bits per heavy atom. The molecule has 4 bridgehead atoms. The Morgan fingerprint density at radius 3 is 2.57 bits per heavy atom. The molecule has 0 aromatic rings. The lowest BCUT2D eigenvalue weighted by atomic mass is 9.64. The van der Waals surface area contributed by atoms with Crippen LogP contribution in [0.1, 0.15) is 39.5 Å². The maximum atomic E-state index is 6.06. The van der Waals surface area contributed by atoms with Crippen molar-refractivity contribution < 1.29 is 4.74 Å². The van der Waals surface area contributed by atoms with Crippen molar-refractivity contribution in [3.05, 3.63) is 0 Å². The molecule has 2 aliphatic heterocycles. The van der Waals surface area contributed by atoms with Crippen molar-refractivity contribution in [2.24, 2.45) is 29.6 Å². The summed E-state index contributed by atoms with van der Waals surface area (Å²) >= 11 is 0. The summed E-state index contributed by atoms with van der Waals surface area (Å²) < 4.78 is 6.06. The molecule has 0 aromatic heterocycles. The first kappa shape index (κ1) is 9.21. The zero-order valence-corrected chi connectivity index (χ0v) is 9.41. The van der Waals surface area contributed by atoms with E-state index in [0.29, 0.717) is 6.10 Å². The second kappa shape index (κ2) is 3.23. The quantitative estimate of drug-likeness (QED) is 0.623. The van der Waals surface area contributed by atoms with Crippen LogP contribution in [0.3, 0.4) is 0 Å². The van der Waals surface area contributed by atoms with E-state index in [1.54, 1.807) is 0 Å². The summed E-state index contributed by atoms with van der Waals surface area (Å²) in [4.78, 5) is 0. The average Bonchev–Trinajstić information content (AvgIpc) is 2.35. The third kappa shape index (κ3) is 1.18. The van der Waals surface area contributed by atoms with E-state index in [0.717, 1.165) is 36.2 Å². The lowest BCUT2D eigenvalue weighted by molar-refractivity contribution is 0.0298. The van der Waals surface area contributed by atoms with Crippen molar-refractivity contribution >= 4 is 0 Å². The van der Waals surface area contributed by atoms with E-state index in [4.69, 9.17) is 4.74 Å². The van der Waals surface area contributed by atoms with Crippen LogP contribution in [0, 0.1) is 29.6 Å². The zero-order valence-electron chi connectivity index (χ0n) is 9.41. The Hall–Kier alpha value is -0.0400. The van der Waals surface area contributed by atoms with Gasteiger partial charge in [0.05, 0.1) is 12.7 Å². The fourth-order valence-electron chi connectivity index (χ4n) is 4.57. The molecule has 5 atom stereocenters. The molecule has 0 radical (unpaired) electrons. The maximum Gasteiger partial charge on any atom is 0.0606 e. The number of rotatable bonds is 1. The smallest absolute Gasteiger partial charge is 0.0606 e. The molecule has 4 fully saturated rings. The third-order valence-electron chi connectivity index (χ3n) is 5.02. The van der Waals surface area contributed by atoms with Gasteiger partial charge in [-0.2, -0.15) is 0 Å². The molecule has 1 nitrogen and oxygen atoms in total. The van der Waals surface area contributed by atoms with Gasteiger partial charge in [0.15, 0.2) is 0 Å². The summed E-state index contributed by atoms with van der Waals surface area (Å²) in [5.74, 6) is 4.68. The van der Waals surface area contributed by atoms with E-state index in [-0.39, 0.29) is 0 Å². The maximum absolute atomic E-state index is 6.06. The minimum atomic E-state index is 0.647. The van der Waals surface area contributed by atoms with Crippen LogP contribution in [-0.2, 0) is 4.74 Å². The van der Waals surface area contributed by atoms with Crippen LogP contribution in [0.15, 0.2) is 0 Å². The number of hydrogen-bond donors (Lipinski definition) is 0. The number of fused-ring (bicyclic) bond motifs is 2. The van der Waals surface area contributed by atoms with Gasteiger partial charge in [-0.15, -0.1) is 0 Å². The first-order valence-corrected chi connectivity index (χ1v) is 6.39. The van der Waals surface area contributed by atoms with Gasteiger partial charge in [0.1, 0.15) is 0 Å². The van der Waals surface area contributed by atoms with Crippen molar-refractivity contribution in [1.29, 1.82) is 0 Å². The van der Waals surface area contributed by atoms with Gasteiger partial charge < -0.3 is 4.74 Å². The second-order valence-corrected chi connectivity index (χ2v) is 5.94. The summed E-state index contributed by atoms with van der Waals surface area (Å²) in [6.07, 6.45) is 6.36. The molecule has 1 heteroatoms. The molecule has 0 amide bonds. The molecule has 2 aliphatic carbocycles.